The summed E-state index contributed by atoms with van der Waals surface area (Å²) in [6.07, 6.45) is 5.13. The summed E-state index contributed by atoms with van der Waals surface area (Å²) in [4.78, 5) is 1.72. The molecule has 2 unspecified atom stereocenters. The van der Waals surface area contributed by atoms with Gasteiger partial charge in [-0.05, 0) is 44.8 Å². The predicted octanol–water partition coefficient (Wildman–Crippen LogP) is 4.41. The molecule has 2 atom stereocenters. The Morgan fingerprint density at radius 1 is 1.14 bits per heavy atom. The van der Waals surface area contributed by atoms with Crippen LogP contribution in [0, 0.1) is 11.8 Å². The first kappa shape index (κ1) is 20.8. The summed E-state index contributed by atoms with van der Waals surface area (Å²) in [7, 11) is 1.76. The third kappa shape index (κ3) is 9.41. The van der Waals surface area contributed by atoms with Crippen molar-refractivity contribution in [1.82, 2.24) is 10.2 Å². The molecule has 128 valence electrons. The number of halogens is 2. The second kappa shape index (κ2) is 11.4. The van der Waals surface area contributed by atoms with Crippen molar-refractivity contribution >= 4 is 0 Å². The van der Waals surface area contributed by atoms with Gasteiger partial charge in [0.15, 0.2) is 0 Å². The maximum Gasteiger partial charge on any atom is 0.260 e. The van der Waals surface area contributed by atoms with E-state index in [1.165, 1.54) is 32.4 Å². The van der Waals surface area contributed by atoms with Crippen LogP contribution in [0.1, 0.15) is 59.8 Å². The van der Waals surface area contributed by atoms with Gasteiger partial charge >= 0.3 is 0 Å². The standard InChI is InChI=1S/C8H15F2N.C7H15N.C2H6/c1-3-7-4-8(9,10)6-11(2)5-7;1-2-7-4-3-5-8-6-7;1-2/h7H,3-6H2,1-2H3;7-8H,2-6H2,1H3;1-2H3. The molecule has 2 aliphatic rings. The quantitative estimate of drug-likeness (QED) is 0.813. The Morgan fingerprint density at radius 3 is 2.14 bits per heavy atom. The molecule has 2 fully saturated rings. The fourth-order valence-corrected chi connectivity index (χ4v) is 3.00. The van der Waals surface area contributed by atoms with E-state index >= 15 is 0 Å². The Balaban J connectivity index is 0.000000354. The molecule has 21 heavy (non-hydrogen) atoms. The highest BCUT2D eigenvalue weighted by Gasteiger charge is 2.37. The number of rotatable bonds is 2. The summed E-state index contributed by atoms with van der Waals surface area (Å²) in [5, 5.41) is 3.39. The lowest BCUT2D eigenvalue weighted by Gasteiger charge is -2.34. The Bertz CT molecular complexity index is 241. The van der Waals surface area contributed by atoms with Crippen LogP contribution in [0.3, 0.4) is 0 Å². The molecule has 2 heterocycles. The van der Waals surface area contributed by atoms with Gasteiger partial charge in [-0.25, -0.2) is 8.78 Å². The Morgan fingerprint density at radius 2 is 1.76 bits per heavy atom. The van der Waals surface area contributed by atoms with Crippen molar-refractivity contribution < 1.29 is 8.78 Å². The van der Waals surface area contributed by atoms with Gasteiger partial charge in [0.1, 0.15) is 0 Å². The van der Waals surface area contributed by atoms with Crippen molar-refractivity contribution in [2.75, 3.05) is 33.2 Å². The van der Waals surface area contributed by atoms with Gasteiger partial charge < -0.3 is 10.2 Å². The number of likely N-dealkylation sites (tertiary alicyclic amines) is 1. The molecule has 2 rings (SSSR count). The SMILES string of the molecule is CC.CCC1CCCNC1.CCC1CN(C)CC(F)(F)C1. The van der Waals surface area contributed by atoms with E-state index in [0.717, 1.165) is 18.9 Å². The largest absolute Gasteiger partial charge is 0.316 e. The van der Waals surface area contributed by atoms with Crippen molar-refractivity contribution in [3.8, 4) is 0 Å². The number of alkyl halides is 2. The van der Waals surface area contributed by atoms with Crippen LogP contribution in [0.15, 0.2) is 0 Å². The molecule has 0 aromatic carbocycles. The van der Waals surface area contributed by atoms with Gasteiger partial charge in [-0.15, -0.1) is 0 Å². The fraction of sp³-hybridized carbons (Fsp3) is 1.00. The van der Waals surface area contributed by atoms with Gasteiger partial charge in [0.2, 0.25) is 0 Å². The molecule has 0 bridgehead atoms. The van der Waals surface area contributed by atoms with E-state index in [2.05, 4.69) is 12.2 Å². The van der Waals surface area contributed by atoms with Gasteiger partial charge in [-0.2, -0.15) is 0 Å². The molecule has 0 saturated carbocycles. The molecule has 0 radical (unpaired) electrons. The molecule has 0 aromatic rings. The van der Waals surface area contributed by atoms with Gasteiger partial charge in [-0.3, -0.25) is 0 Å². The highest BCUT2D eigenvalue weighted by atomic mass is 19.3. The molecule has 2 saturated heterocycles. The average Bonchev–Trinajstić information content (AvgIpc) is 2.48. The summed E-state index contributed by atoms with van der Waals surface area (Å²) in [5.74, 6) is -1.29. The zero-order valence-corrected chi connectivity index (χ0v) is 14.7. The second-order valence-electron chi connectivity index (χ2n) is 6.15. The molecule has 0 aliphatic carbocycles. The minimum absolute atomic E-state index is 0.0660. The fourth-order valence-electron chi connectivity index (χ4n) is 3.00. The van der Waals surface area contributed by atoms with E-state index in [1.54, 1.807) is 11.9 Å². The normalized spacial score (nSPS) is 28.7. The number of hydrogen-bond donors (Lipinski definition) is 1. The predicted molar refractivity (Wildman–Crippen MR) is 88.1 cm³/mol. The zero-order chi connectivity index (χ0) is 16.3. The van der Waals surface area contributed by atoms with E-state index < -0.39 is 5.92 Å². The molecule has 2 aliphatic heterocycles. The molecular weight excluding hydrogens is 270 g/mol. The van der Waals surface area contributed by atoms with Crippen molar-refractivity contribution in [3.63, 3.8) is 0 Å². The molecule has 0 spiro atoms. The van der Waals surface area contributed by atoms with E-state index in [0.29, 0.717) is 0 Å². The second-order valence-corrected chi connectivity index (χ2v) is 6.15. The van der Waals surface area contributed by atoms with Crippen molar-refractivity contribution in [2.45, 2.75) is 65.7 Å². The number of nitrogens with zero attached hydrogens (tertiary/aromatic N) is 1. The average molecular weight is 306 g/mol. The van der Waals surface area contributed by atoms with Gasteiger partial charge in [0.25, 0.3) is 5.92 Å². The summed E-state index contributed by atoms with van der Waals surface area (Å²) >= 11 is 0. The van der Waals surface area contributed by atoms with Crippen molar-refractivity contribution in [1.29, 1.82) is 0 Å². The van der Waals surface area contributed by atoms with Crippen LogP contribution in [0.4, 0.5) is 8.78 Å². The molecule has 0 aromatic heterocycles. The molecule has 2 nitrogen and oxygen atoms in total. The molecule has 1 N–H and O–H groups in total. The lowest BCUT2D eigenvalue weighted by atomic mass is 9.93. The van der Waals surface area contributed by atoms with Crippen LogP contribution in [0.2, 0.25) is 0 Å². The van der Waals surface area contributed by atoms with Gasteiger partial charge in [-0.1, -0.05) is 40.5 Å². The van der Waals surface area contributed by atoms with Crippen LogP contribution >= 0.6 is 0 Å². The Labute approximate surface area is 130 Å². The third-order valence-electron chi connectivity index (χ3n) is 4.21. The van der Waals surface area contributed by atoms with E-state index in [9.17, 15) is 8.78 Å². The number of piperidine rings is 2. The van der Waals surface area contributed by atoms with Gasteiger partial charge in [0, 0.05) is 13.0 Å². The molecule has 4 heteroatoms. The maximum atomic E-state index is 12.9. The topological polar surface area (TPSA) is 15.3 Å². The van der Waals surface area contributed by atoms with E-state index in [4.69, 9.17) is 0 Å². The first-order chi connectivity index (χ1) is 9.96. The first-order valence-corrected chi connectivity index (χ1v) is 8.74. The molecule has 0 amide bonds. The van der Waals surface area contributed by atoms with E-state index in [-0.39, 0.29) is 18.9 Å². The van der Waals surface area contributed by atoms with Gasteiger partial charge in [0.05, 0.1) is 6.54 Å². The minimum Gasteiger partial charge on any atom is -0.316 e. The summed E-state index contributed by atoms with van der Waals surface area (Å²) < 4.78 is 25.7. The highest BCUT2D eigenvalue weighted by Crippen LogP contribution is 2.30. The molecular formula is C17H36F2N2. The third-order valence-corrected chi connectivity index (χ3v) is 4.21. The number of nitrogens with one attached hydrogen (secondary N) is 1. The van der Waals surface area contributed by atoms with Crippen molar-refractivity contribution in [2.24, 2.45) is 11.8 Å². The van der Waals surface area contributed by atoms with Crippen molar-refractivity contribution in [3.05, 3.63) is 0 Å². The minimum atomic E-state index is -2.45. The smallest absolute Gasteiger partial charge is 0.260 e. The zero-order valence-electron chi connectivity index (χ0n) is 14.7. The van der Waals surface area contributed by atoms with Crippen LogP contribution in [0.25, 0.3) is 0 Å². The Kier molecular flexibility index (Phi) is 11.2. The van der Waals surface area contributed by atoms with E-state index in [1.807, 2.05) is 20.8 Å². The van der Waals surface area contributed by atoms with Crippen LogP contribution in [-0.2, 0) is 0 Å². The van der Waals surface area contributed by atoms with Crippen LogP contribution in [-0.4, -0.2) is 44.0 Å². The highest BCUT2D eigenvalue weighted by molar-refractivity contribution is 4.81. The monoisotopic (exact) mass is 306 g/mol. The number of hydrogen-bond acceptors (Lipinski definition) is 2. The summed E-state index contributed by atoms with van der Waals surface area (Å²) in [6, 6.07) is 0. The Hall–Kier alpha value is -0.220. The lowest BCUT2D eigenvalue weighted by Crippen LogP contribution is -2.44. The maximum absolute atomic E-state index is 12.9. The van der Waals surface area contributed by atoms with Crippen LogP contribution < -0.4 is 5.32 Å². The first-order valence-electron chi connectivity index (χ1n) is 8.74. The summed E-state index contributed by atoms with van der Waals surface area (Å²) in [6.45, 7) is 11.5. The van der Waals surface area contributed by atoms with Crippen LogP contribution in [0.5, 0.6) is 0 Å². The lowest BCUT2D eigenvalue weighted by molar-refractivity contribution is -0.0781. The summed E-state index contributed by atoms with van der Waals surface area (Å²) in [5.41, 5.74) is 0.